The second kappa shape index (κ2) is 8.51. The van der Waals surface area contributed by atoms with Crippen LogP contribution in [0.15, 0.2) is 54.0 Å². The van der Waals surface area contributed by atoms with Gasteiger partial charge in [0, 0.05) is 25.2 Å². The van der Waals surface area contributed by atoms with Gasteiger partial charge in [-0.15, -0.1) is 11.3 Å². The Morgan fingerprint density at radius 1 is 1.19 bits per heavy atom. The topological polar surface area (TPSA) is 94.2 Å². The molecule has 0 saturated carbocycles. The summed E-state index contributed by atoms with van der Waals surface area (Å²) in [5.74, 6) is -0.197. The summed E-state index contributed by atoms with van der Waals surface area (Å²) in [6.45, 7) is 5.89. The normalized spacial score (nSPS) is 12.3. The van der Waals surface area contributed by atoms with E-state index >= 15 is 0 Å². The first kappa shape index (κ1) is 21.6. The minimum absolute atomic E-state index is 0.000285. The van der Waals surface area contributed by atoms with Crippen molar-refractivity contribution in [2.75, 3.05) is 7.05 Å². The Bertz CT molecular complexity index is 1300. The molecular formula is C23H23N5O3S. The van der Waals surface area contributed by atoms with E-state index in [1.54, 1.807) is 47.7 Å². The lowest BCUT2D eigenvalue weighted by atomic mass is 10.0. The molecule has 0 saturated heterocycles. The number of fused-ring (bicyclic) bond motifs is 1. The molecule has 164 valence electrons. The zero-order valence-corrected chi connectivity index (χ0v) is 19.0. The number of aromatic nitrogens is 3. The summed E-state index contributed by atoms with van der Waals surface area (Å²) in [6.07, 6.45) is 1.68. The van der Waals surface area contributed by atoms with Gasteiger partial charge in [-0.1, -0.05) is 18.2 Å². The van der Waals surface area contributed by atoms with Gasteiger partial charge in [0.05, 0.1) is 38.7 Å². The van der Waals surface area contributed by atoms with Gasteiger partial charge in [-0.25, -0.2) is 9.67 Å². The molecule has 0 N–H and O–H groups in total. The predicted molar refractivity (Wildman–Crippen MR) is 125 cm³/mol. The number of hydrogen-bond donors (Lipinski definition) is 0. The van der Waals surface area contributed by atoms with Gasteiger partial charge in [0.15, 0.2) is 5.65 Å². The molecule has 1 atom stereocenters. The van der Waals surface area contributed by atoms with Crippen molar-refractivity contribution in [2.45, 2.75) is 32.9 Å². The van der Waals surface area contributed by atoms with E-state index in [0.29, 0.717) is 22.2 Å². The fourth-order valence-electron chi connectivity index (χ4n) is 3.61. The number of benzene rings is 1. The van der Waals surface area contributed by atoms with Crippen molar-refractivity contribution in [1.29, 1.82) is 0 Å². The molecule has 0 aliphatic heterocycles. The molecule has 0 bridgehead atoms. The number of nitrogens with zero attached hydrogens (tertiary/aromatic N) is 5. The molecule has 0 spiro atoms. The molecule has 0 aliphatic carbocycles. The Labute approximate surface area is 189 Å². The van der Waals surface area contributed by atoms with E-state index in [2.05, 4.69) is 5.10 Å². The molecule has 9 heteroatoms. The lowest BCUT2D eigenvalue weighted by molar-refractivity contribution is -0.384. The van der Waals surface area contributed by atoms with E-state index in [0.717, 1.165) is 10.6 Å². The van der Waals surface area contributed by atoms with Crippen molar-refractivity contribution in [3.05, 3.63) is 75.3 Å². The van der Waals surface area contributed by atoms with Crippen LogP contribution < -0.4 is 0 Å². The maximum Gasteiger partial charge on any atom is 0.269 e. The largest absolute Gasteiger partial charge is 0.335 e. The fourth-order valence-corrected chi connectivity index (χ4v) is 4.30. The lowest BCUT2D eigenvalue weighted by Gasteiger charge is -2.26. The first-order chi connectivity index (χ1) is 15.3. The van der Waals surface area contributed by atoms with Crippen molar-refractivity contribution in [2.24, 2.45) is 0 Å². The van der Waals surface area contributed by atoms with Gasteiger partial charge in [0.2, 0.25) is 0 Å². The molecule has 0 fully saturated rings. The summed E-state index contributed by atoms with van der Waals surface area (Å²) < 4.78 is 1.81. The molecule has 4 rings (SSSR count). The molecule has 8 nitrogen and oxygen atoms in total. The third kappa shape index (κ3) is 3.87. The SMILES string of the molecule is CC(c1cccc([N+](=O)[O-])c1)N(C)C(=O)c1cc(-c2cccs2)nc2c1cnn2C(C)C. The maximum absolute atomic E-state index is 13.6. The molecule has 1 aromatic carbocycles. The summed E-state index contributed by atoms with van der Waals surface area (Å²) in [5, 5.41) is 18.3. The highest BCUT2D eigenvalue weighted by Gasteiger charge is 2.25. The third-order valence-corrected chi connectivity index (χ3v) is 6.42. The van der Waals surface area contributed by atoms with Crippen LogP contribution in [0.1, 0.15) is 48.8 Å². The molecule has 3 aromatic heterocycles. The summed E-state index contributed by atoms with van der Waals surface area (Å²) in [4.78, 5) is 31.7. The Morgan fingerprint density at radius 3 is 2.62 bits per heavy atom. The van der Waals surface area contributed by atoms with E-state index < -0.39 is 4.92 Å². The summed E-state index contributed by atoms with van der Waals surface area (Å²) >= 11 is 1.56. The van der Waals surface area contributed by atoms with Gasteiger partial charge < -0.3 is 4.90 Å². The van der Waals surface area contributed by atoms with Gasteiger partial charge in [-0.3, -0.25) is 14.9 Å². The molecule has 0 radical (unpaired) electrons. The molecule has 3 heterocycles. The van der Waals surface area contributed by atoms with Crippen LogP contribution in [0.25, 0.3) is 21.6 Å². The minimum Gasteiger partial charge on any atom is -0.335 e. The van der Waals surface area contributed by atoms with Crippen LogP contribution in [0.5, 0.6) is 0 Å². The lowest BCUT2D eigenvalue weighted by Crippen LogP contribution is -2.30. The number of rotatable bonds is 6. The van der Waals surface area contributed by atoms with E-state index in [1.807, 2.05) is 43.0 Å². The molecule has 4 aromatic rings. The van der Waals surface area contributed by atoms with Crippen LogP contribution in [-0.4, -0.2) is 37.5 Å². The van der Waals surface area contributed by atoms with Crippen molar-refractivity contribution in [3.8, 4) is 10.6 Å². The summed E-state index contributed by atoms with van der Waals surface area (Å²) in [7, 11) is 1.70. The van der Waals surface area contributed by atoms with E-state index in [9.17, 15) is 14.9 Å². The van der Waals surface area contributed by atoms with Gasteiger partial charge >= 0.3 is 0 Å². The van der Waals surface area contributed by atoms with Gasteiger partial charge in [0.1, 0.15) is 0 Å². The monoisotopic (exact) mass is 449 g/mol. The number of carbonyl (C=O) groups is 1. The quantitative estimate of drug-likeness (QED) is 0.287. The third-order valence-electron chi connectivity index (χ3n) is 5.52. The standard InChI is InChI=1S/C23H23N5O3S/c1-14(2)27-22-19(13-24-27)18(12-20(25-22)21-9-6-10-32-21)23(29)26(4)15(3)16-7-5-8-17(11-16)28(30)31/h5-15H,1-4H3. The Morgan fingerprint density at radius 2 is 1.97 bits per heavy atom. The van der Waals surface area contributed by atoms with E-state index in [-0.39, 0.29) is 23.7 Å². The molecule has 1 amide bonds. The fraction of sp³-hybridized carbons (Fsp3) is 0.261. The highest BCUT2D eigenvalue weighted by Crippen LogP contribution is 2.31. The number of carbonyl (C=O) groups excluding carboxylic acids is 1. The van der Waals surface area contributed by atoms with Crippen LogP contribution in [0.4, 0.5) is 5.69 Å². The number of pyridine rings is 1. The number of non-ortho nitro benzene ring substituents is 1. The zero-order chi connectivity index (χ0) is 23.0. The molecular weight excluding hydrogens is 426 g/mol. The van der Waals surface area contributed by atoms with Crippen LogP contribution in [0.2, 0.25) is 0 Å². The first-order valence-electron chi connectivity index (χ1n) is 10.2. The van der Waals surface area contributed by atoms with E-state index in [1.165, 1.54) is 12.1 Å². The number of thiophene rings is 1. The minimum atomic E-state index is -0.432. The predicted octanol–water partition coefficient (Wildman–Crippen LogP) is 5.48. The first-order valence-corrected chi connectivity index (χ1v) is 11.1. The van der Waals surface area contributed by atoms with Crippen LogP contribution >= 0.6 is 11.3 Å². The van der Waals surface area contributed by atoms with Crippen molar-refractivity contribution >= 4 is 34.0 Å². The van der Waals surface area contributed by atoms with Crippen LogP contribution in [0.3, 0.4) is 0 Å². The molecule has 0 aliphatic rings. The summed E-state index contributed by atoms with van der Waals surface area (Å²) in [6, 6.07) is 11.8. The Balaban J connectivity index is 1.78. The zero-order valence-electron chi connectivity index (χ0n) is 18.2. The van der Waals surface area contributed by atoms with Crippen LogP contribution in [-0.2, 0) is 0 Å². The smallest absolute Gasteiger partial charge is 0.269 e. The average Bonchev–Trinajstić information content (AvgIpc) is 3.47. The second-order valence-corrected chi connectivity index (χ2v) is 8.84. The number of hydrogen-bond acceptors (Lipinski definition) is 6. The van der Waals surface area contributed by atoms with Crippen molar-refractivity contribution in [1.82, 2.24) is 19.7 Å². The average molecular weight is 450 g/mol. The highest BCUT2D eigenvalue weighted by atomic mass is 32.1. The van der Waals surface area contributed by atoms with E-state index in [4.69, 9.17) is 4.98 Å². The Kier molecular flexibility index (Phi) is 5.75. The summed E-state index contributed by atoms with van der Waals surface area (Å²) in [5.41, 5.74) is 2.57. The second-order valence-electron chi connectivity index (χ2n) is 7.90. The van der Waals surface area contributed by atoms with Gasteiger partial charge in [0.25, 0.3) is 11.6 Å². The molecule has 32 heavy (non-hydrogen) atoms. The number of nitro groups is 1. The maximum atomic E-state index is 13.6. The molecule has 1 unspecified atom stereocenters. The highest BCUT2D eigenvalue weighted by molar-refractivity contribution is 7.13. The van der Waals surface area contributed by atoms with Gasteiger partial charge in [-0.05, 0) is 43.8 Å². The number of nitro benzene ring substituents is 1. The number of amides is 1. The van der Waals surface area contributed by atoms with Gasteiger partial charge in [-0.2, -0.15) is 5.10 Å². The Hall–Kier alpha value is -3.59. The van der Waals surface area contributed by atoms with Crippen molar-refractivity contribution in [3.63, 3.8) is 0 Å². The van der Waals surface area contributed by atoms with Crippen LogP contribution in [0, 0.1) is 10.1 Å². The van der Waals surface area contributed by atoms with Crippen molar-refractivity contribution < 1.29 is 9.72 Å².